The Morgan fingerprint density at radius 2 is 2.22 bits per heavy atom. The van der Waals surface area contributed by atoms with E-state index in [0.29, 0.717) is 0 Å². The number of halogens is 1. The molecule has 9 heavy (non-hydrogen) atoms. The first-order valence-corrected chi connectivity index (χ1v) is 12.5. The van der Waals surface area contributed by atoms with Crippen LogP contribution in [0.15, 0.2) is 0 Å². The Morgan fingerprint density at radius 1 is 1.78 bits per heavy atom. The summed E-state index contributed by atoms with van der Waals surface area (Å²) in [5.74, 6) is -0.245. The molecule has 0 radical (unpaired) electrons. The monoisotopic (exact) mass is 258 g/mol. The quantitative estimate of drug-likeness (QED) is 0.706. The van der Waals surface area contributed by atoms with Gasteiger partial charge in [-0.1, -0.05) is 0 Å². The summed E-state index contributed by atoms with van der Waals surface area (Å²) in [5, 5.41) is 0. The fraction of sp³-hybridized carbons (Fsp3) is 0.800. The minimum atomic E-state index is -2.79. The van der Waals surface area contributed by atoms with E-state index in [2.05, 4.69) is 0 Å². The molecule has 0 aromatic heterocycles. The van der Waals surface area contributed by atoms with Gasteiger partial charge in [-0.15, -0.1) is 0 Å². The molecule has 2 nitrogen and oxygen atoms in total. The van der Waals surface area contributed by atoms with E-state index in [-0.39, 0.29) is 5.97 Å². The number of carbonyl (C=O) groups is 1. The second kappa shape index (κ2) is 3.66. The number of carbonyl (C=O) groups excluding carboxylic acids is 1. The van der Waals surface area contributed by atoms with Crippen molar-refractivity contribution in [2.24, 2.45) is 0 Å². The second-order valence-electron chi connectivity index (χ2n) is 2.05. The van der Waals surface area contributed by atoms with Crippen LogP contribution < -0.4 is 0 Å². The minimum absolute atomic E-state index is 0.245. The van der Waals surface area contributed by atoms with Crippen LogP contribution in [0.2, 0.25) is 9.38 Å². The molecule has 0 spiro atoms. The summed E-state index contributed by atoms with van der Waals surface area (Å²) in [6.07, 6.45) is 0. The molecule has 0 aromatic carbocycles. The summed E-state index contributed by atoms with van der Waals surface area (Å²) in [4.78, 5) is 12.2. The molecule has 0 N–H and O–H groups in total. The van der Waals surface area contributed by atoms with E-state index < -0.39 is 17.7 Å². The number of rotatable bonds is 2. The van der Waals surface area contributed by atoms with E-state index >= 15 is 0 Å². The molecule has 4 heteroatoms. The van der Waals surface area contributed by atoms with E-state index in [9.17, 15) is 4.79 Å². The van der Waals surface area contributed by atoms with Crippen LogP contribution in [-0.2, 0) is 7.87 Å². The van der Waals surface area contributed by atoms with Gasteiger partial charge < -0.3 is 0 Å². The first-order chi connectivity index (χ1) is 3.98. The molecule has 0 heterocycles. The molecule has 1 unspecified atom stereocenters. The molecule has 1 atom stereocenters. The third-order valence-corrected chi connectivity index (χ3v) is 8.94. The normalized spacial score (nSPS) is 16.4. The first-order valence-electron chi connectivity index (χ1n) is 2.86. The van der Waals surface area contributed by atoms with E-state index in [0.717, 1.165) is 4.44 Å². The zero-order valence-electron chi connectivity index (χ0n) is 5.90. The predicted octanol–water partition coefficient (Wildman–Crippen LogP) is 1.88. The molecule has 0 rings (SSSR count). The Kier molecular flexibility index (Phi) is 3.89. The maximum atomic E-state index is 10.4. The number of hydrogen-bond acceptors (Lipinski definition) is 2. The van der Waals surface area contributed by atoms with Crippen LogP contribution in [-0.4, -0.2) is 23.6 Å². The second-order valence-corrected chi connectivity index (χ2v) is 16.3. The van der Waals surface area contributed by atoms with E-state index in [1.165, 1.54) is 6.92 Å². The van der Waals surface area contributed by atoms with Gasteiger partial charge in [0.25, 0.3) is 0 Å². The van der Waals surface area contributed by atoms with Gasteiger partial charge >= 0.3 is 63.6 Å². The van der Waals surface area contributed by atoms with Gasteiger partial charge in [-0.2, -0.15) is 0 Å². The van der Waals surface area contributed by atoms with Gasteiger partial charge in [0, 0.05) is 0 Å². The van der Waals surface area contributed by atoms with Crippen molar-refractivity contribution < 1.29 is 7.87 Å². The molecule has 0 saturated heterocycles. The Balaban J connectivity index is 3.71. The molecule has 0 aliphatic rings. The fourth-order valence-corrected chi connectivity index (χ4v) is 3.22. The van der Waals surface area contributed by atoms with Crippen molar-refractivity contribution in [3.8, 4) is 0 Å². The average molecular weight is 257 g/mol. The Bertz CT molecular complexity index is 114. The van der Waals surface area contributed by atoms with Crippen molar-refractivity contribution >= 4 is 32.6 Å². The molecular formula is C5H11ClO2Sn. The third kappa shape index (κ3) is 5.03. The zero-order valence-corrected chi connectivity index (χ0v) is 9.51. The van der Waals surface area contributed by atoms with Crippen molar-refractivity contribution in [3.63, 3.8) is 0 Å². The van der Waals surface area contributed by atoms with Crippen LogP contribution in [0.3, 0.4) is 0 Å². The van der Waals surface area contributed by atoms with Gasteiger partial charge in [-0.05, 0) is 0 Å². The first kappa shape index (κ1) is 9.56. The average Bonchev–Trinajstić information content (AvgIpc) is 1.63. The molecular weight excluding hydrogens is 246 g/mol. The van der Waals surface area contributed by atoms with Gasteiger partial charge in [0.1, 0.15) is 0 Å². The van der Waals surface area contributed by atoms with E-state index in [1.54, 1.807) is 0 Å². The topological polar surface area (TPSA) is 26.3 Å². The summed E-state index contributed by atoms with van der Waals surface area (Å²) in [6.45, 7) is 3.35. The summed E-state index contributed by atoms with van der Waals surface area (Å²) in [7, 11) is 5.88. The molecule has 0 amide bonds. The van der Waals surface area contributed by atoms with Crippen LogP contribution in [0.25, 0.3) is 0 Å². The molecule has 0 aliphatic carbocycles. The van der Waals surface area contributed by atoms with Crippen molar-refractivity contribution in [1.82, 2.24) is 0 Å². The van der Waals surface area contributed by atoms with Crippen LogP contribution in [0, 0.1) is 0 Å². The van der Waals surface area contributed by atoms with Crippen molar-refractivity contribution in [2.45, 2.75) is 23.2 Å². The zero-order chi connectivity index (χ0) is 7.49. The van der Waals surface area contributed by atoms with Crippen LogP contribution in [0.4, 0.5) is 0 Å². The van der Waals surface area contributed by atoms with Crippen molar-refractivity contribution in [1.29, 1.82) is 0 Å². The Labute approximate surface area is 63.7 Å². The van der Waals surface area contributed by atoms with E-state index in [1.807, 2.05) is 11.9 Å². The van der Waals surface area contributed by atoms with Crippen LogP contribution >= 0.6 is 8.92 Å². The van der Waals surface area contributed by atoms with Gasteiger partial charge in [-0.25, -0.2) is 0 Å². The molecule has 0 bridgehead atoms. The molecule has 0 aromatic rings. The summed E-state index contributed by atoms with van der Waals surface area (Å²) in [5.41, 5.74) is 0. The predicted molar refractivity (Wildman–Crippen MR) is 39.7 cm³/mol. The van der Waals surface area contributed by atoms with Crippen molar-refractivity contribution in [3.05, 3.63) is 0 Å². The van der Waals surface area contributed by atoms with Crippen LogP contribution in [0.5, 0.6) is 0 Å². The fourth-order valence-electron chi connectivity index (χ4n) is 0.372. The summed E-state index contributed by atoms with van der Waals surface area (Å²) in [6, 6.07) is 0. The number of hydrogen-bond donors (Lipinski definition) is 0. The Morgan fingerprint density at radius 3 is 2.33 bits per heavy atom. The molecule has 54 valence electrons. The van der Waals surface area contributed by atoms with Gasteiger partial charge in [0.2, 0.25) is 0 Å². The SMILES string of the molecule is C[CH2][Sn]([CH3])([Cl])[O]C(C)=O. The standard InChI is InChI=1S/C2H4O2.C2H5.CH3.ClH.Sn/c1-2(3)4;1-2;;;/h1H3,(H,3,4);1H2,2H3;1H3;1H;/q;;;;+2/p-2. The maximum absolute atomic E-state index is 10.4. The van der Waals surface area contributed by atoms with E-state index in [4.69, 9.17) is 12.0 Å². The third-order valence-electron chi connectivity index (χ3n) is 0.988. The molecule has 0 aliphatic heterocycles. The van der Waals surface area contributed by atoms with Gasteiger partial charge in [0.15, 0.2) is 0 Å². The molecule has 0 fully saturated rings. The summed E-state index contributed by atoms with van der Waals surface area (Å²) >= 11 is -2.79. The summed E-state index contributed by atoms with van der Waals surface area (Å²) < 4.78 is 5.75. The Hall–Kier alpha value is 0.559. The molecule has 0 saturated carbocycles. The van der Waals surface area contributed by atoms with Crippen LogP contribution in [0.1, 0.15) is 13.8 Å². The van der Waals surface area contributed by atoms with Gasteiger partial charge in [0.05, 0.1) is 0 Å². The van der Waals surface area contributed by atoms with Crippen molar-refractivity contribution in [2.75, 3.05) is 0 Å². The van der Waals surface area contributed by atoms with Gasteiger partial charge in [-0.3, -0.25) is 0 Å².